The first-order valence-corrected chi connectivity index (χ1v) is 15.0. The molecule has 0 atom stereocenters. The molecule has 0 spiro atoms. The number of piperazine rings is 1. The molecule has 0 unspecified atom stereocenters. The summed E-state index contributed by atoms with van der Waals surface area (Å²) in [5, 5.41) is 15.8. The highest BCUT2D eigenvalue weighted by Gasteiger charge is 2.32. The normalized spacial score (nSPS) is 16.0. The van der Waals surface area contributed by atoms with E-state index >= 15 is 0 Å². The summed E-state index contributed by atoms with van der Waals surface area (Å²) < 4.78 is 7.40. The quantitative estimate of drug-likeness (QED) is 0.302. The van der Waals surface area contributed by atoms with Gasteiger partial charge in [0.1, 0.15) is 5.75 Å². The fraction of sp³-hybridized carbons (Fsp3) is 0.467. The van der Waals surface area contributed by atoms with Gasteiger partial charge in [-0.1, -0.05) is 25.5 Å². The van der Waals surface area contributed by atoms with Crippen molar-refractivity contribution in [3.8, 4) is 5.75 Å². The molecule has 0 aliphatic carbocycles. The average Bonchev–Trinajstić information content (AvgIpc) is 3.43. The van der Waals surface area contributed by atoms with E-state index in [9.17, 15) is 14.7 Å². The molecule has 2 amide bonds. The number of fused-ring (bicyclic) bond motifs is 2. The molecule has 1 fully saturated rings. The minimum absolute atomic E-state index is 0.190. The Labute approximate surface area is 234 Å². The fourth-order valence-electron chi connectivity index (χ4n) is 5.47. The van der Waals surface area contributed by atoms with Crippen LogP contribution >= 0.6 is 11.3 Å². The summed E-state index contributed by atoms with van der Waals surface area (Å²) in [6.45, 7) is 8.15. The van der Waals surface area contributed by atoms with Crippen molar-refractivity contribution in [1.29, 1.82) is 0 Å². The lowest BCUT2D eigenvalue weighted by Gasteiger charge is -2.36. The summed E-state index contributed by atoms with van der Waals surface area (Å²) in [4.78, 5) is 29.7. The summed E-state index contributed by atoms with van der Waals surface area (Å²) in [7, 11) is 0. The van der Waals surface area contributed by atoms with Gasteiger partial charge in [0.15, 0.2) is 0 Å². The SMILES string of the molecule is CCCCN(C(=O)O)N1C(=O)CCc2ccc(OCCCCN3CCN(c4cccc5sccc45)CC3)cc21. The van der Waals surface area contributed by atoms with Crippen molar-refractivity contribution < 1.29 is 19.4 Å². The zero-order chi connectivity index (χ0) is 27.2. The molecule has 2 aliphatic rings. The van der Waals surface area contributed by atoms with Gasteiger partial charge in [0, 0.05) is 61.0 Å². The van der Waals surface area contributed by atoms with E-state index < -0.39 is 6.09 Å². The molecule has 1 aromatic heterocycles. The molecule has 3 heterocycles. The van der Waals surface area contributed by atoms with Gasteiger partial charge in [-0.25, -0.2) is 14.8 Å². The number of amides is 2. The summed E-state index contributed by atoms with van der Waals surface area (Å²) in [6.07, 6.45) is 3.35. The lowest BCUT2D eigenvalue weighted by molar-refractivity contribution is -0.121. The highest BCUT2D eigenvalue weighted by atomic mass is 32.1. The zero-order valence-corrected chi connectivity index (χ0v) is 23.5. The molecule has 8 nitrogen and oxygen atoms in total. The number of rotatable bonds is 11. The number of carbonyl (C=O) groups excluding carboxylic acids is 1. The second kappa shape index (κ2) is 12.7. The monoisotopic (exact) mass is 550 g/mol. The Balaban J connectivity index is 1.09. The molecule has 208 valence electrons. The molecule has 2 aromatic carbocycles. The molecular weight excluding hydrogens is 512 g/mol. The number of anilines is 2. The van der Waals surface area contributed by atoms with E-state index in [4.69, 9.17) is 4.74 Å². The Morgan fingerprint density at radius 1 is 1.03 bits per heavy atom. The predicted octanol–water partition coefficient (Wildman–Crippen LogP) is 5.86. The van der Waals surface area contributed by atoms with Crippen LogP contribution in [0.15, 0.2) is 47.8 Å². The van der Waals surface area contributed by atoms with Crippen LogP contribution in [0.25, 0.3) is 10.1 Å². The largest absolute Gasteiger partial charge is 0.494 e. The number of benzene rings is 2. The van der Waals surface area contributed by atoms with Crippen molar-refractivity contribution in [3.63, 3.8) is 0 Å². The number of ether oxygens (including phenoxy) is 1. The molecule has 9 heteroatoms. The Hall–Kier alpha value is -3.30. The average molecular weight is 551 g/mol. The van der Waals surface area contributed by atoms with E-state index in [-0.39, 0.29) is 5.91 Å². The highest BCUT2D eigenvalue weighted by molar-refractivity contribution is 7.17. The van der Waals surface area contributed by atoms with Gasteiger partial charge in [-0.05, 0) is 67.4 Å². The minimum Gasteiger partial charge on any atom is -0.494 e. The van der Waals surface area contributed by atoms with E-state index in [0.717, 1.165) is 62.6 Å². The van der Waals surface area contributed by atoms with Gasteiger partial charge < -0.3 is 14.7 Å². The summed E-state index contributed by atoms with van der Waals surface area (Å²) >= 11 is 1.80. The number of thiophene rings is 1. The third kappa shape index (κ3) is 6.31. The first kappa shape index (κ1) is 27.3. The second-order valence-electron chi connectivity index (χ2n) is 10.2. The number of hydrogen-bond donors (Lipinski definition) is 1. The maximum absolute atomic E-state index is 12.7. The number of nitrogens with zero attached hydrogens (tertiary/aromatic N) is 4. The Morgan fingerprint density at radius 3 is 2.67 bits per heavy atom. The van der Waals surface area contributed by atoms with Crippen molar-refractivity contribution in [2.24, 2.45) is 0 Å². The molecular formula is C30H38N4O4S. The van der Waals surface area contributed by atoms with E-state index in [0.29, 0.717) is 43.9 Å². The van der Waals surface area contributed by atoms with Crippen molar-refractivity contribution in [2.75, 3.05) is 55.8 Å². The van der Waals surface area contributed by atoms with Gasteiger partial charge >= 0.3 is 6.09 Å². The van der Waals surface area contributed by atoms with E-state index in [1.807, 2.05) is 25.1 Å². The van der Waals surface area contributed by atoms with Crippen molar-refractivity contribution >= 4 is 44.8 Å². The number of carbonyl (C=O) groups is 2. The minimum atomic E-state index is -1.11. The molecule has 0 bridgehead atoms. The number of hydrogen-bond acceptors (Lipinski definition) is 6. The van der Waals surface area contributed by atoms with Gasteiger partial charge in [0.2, 0.25) is 5.91 Å². The van der Waals surface area contributed by atoms with E-state index in [1.165, 1.54) is 20.8 Å². The summed E-state index contributed by atoms with van der Waals surface area (Å²) in [5.74, 6) is 0.482. The first-order valence-electron chi connectivity index (χ1n) is 14.1. The van der Waals surface area contributed by atoms with Crippen molar-refractivity contribution in [2.45, 2.75) is 45.4 Å². The molecule has 0 saturated carbocycles. The van der Waals surface area contributed by atoms with Crippen LogP contribution in [-0.2, 0) is 11.2 Å². The maximum atomic E-state index is 12.7. The number of unbranched alkanes of at least 4 members (excludes halogenated alkanes) is 2. The van der Waals surface area contributed by atoms with Gasteiger partial charge in [-0.2, -0.15) is 0 Å². The Morgan fingerprint density at radius 2 is 1.87 bits per heavy atom. The summed E-state index contributed by atoms with van der Waals surface area (Å²) in [6, 6.07) is 14.5. The fourth-order valence-corrected chi connectivity index (χ4v) is 6.28. The van der Waals surface area contributed by atoms with Crippen LogP contribution in [0.2, 0.25) is 0 Å². The van der Waals surface area contributed by atoms with Gasteiger partial charge in [0.05, 0.1) is 12.3 Å². The van der Waals surface area contributed by atoms with Crippen LogP contribution in [0.1, 0.15) is 44.6 Å². The number of carboxylic acid groups (broad SMARTS) is 1. The summed E-state index contributed by atoms with van der Waals surface area (Å²) in [5.41, 5.74) is 2.95. The van der Waals surface area contributed by atoms with Gasteiger partial charge in [-0.3, -0.25) is 9.69 Å². The van der Waals surface area contributed by atoms with Crippen LogP contribution in [-0.4, -0.2) is 72.9 Å². The molecule has 3 aromatic rings. The van der Waals surface area contributed by atoms with E-state index in [2.05, 4.69) is 39.4 Å². The predicted molar refractivity (Wildman–Crippen MR) is 157 cm³/mol. The van der Waals surface area contributed by atoms with Crippen LogP contribution in [0.3, 0.4) is 0 Å². The van der Waals surface area contributed by atoms with Crippen LogP contribution in [0, 0.1) is 0 Å². The molecule has 0 radical (unpaired) electrons. The second-order valence-corrected chi connectivity index (χ2v) is 11.2. The maximum Gasteiger partial charge on any atom is 0.426 e. The van der Waals surface area contributed by atoms with Crippen LogP contribution in [0.5, 0.6) is 5.75 Å². The molecule has 5 rings (SSSR count). The smallest absolute Gasteiger partial charge is 0.426 e. The van der Waals surface area contributed by atoms with Gasteiger partial charge in [-0.15, -0.1) is 11.3 Å². The standard InChI is InChI=1S/C30H38N4O4S/c1-2-3-15-33(30(36)37)34-27-22-24(11-9-23(27)10-12-29(34)35)38-20-5-4-14-31-16-18-32(19-17-31)26-7-6-8-28-25(26)13-21-39-28/h6-9,11,13,21-22H,2-5,10,12,14-20H2,1H3,(H,36,37). The number of hydrazine groups is 1. The third-order valence-corrected chi connectivity index (χ3v) is 8.52. The van der Waals surface area contributed by atoms with E-state index in [1.54, 1.807) is 11.3 Å². The lowest BCUT2D eigenvalue weighted by Crippen LogP contribution is -2.51. The molecule has 1 saturated heterocycles. The van der Waals surface area contributed by atoms with Crippen LogP contribution < -0.4 is 14.6 Å². The first-order chi connectivity index (χ1) is 19.0. The van der Waals surface area contributed by atoms with Crippen molar-refractivity contribution in [3.05, 3.63) is 53.4 Å². The number of aryl methyl sites for hydroxylation is 1. The molecule has 1 N–H and O–H groups in total. The molecule has 2 aliphatic heterocycles. The third-order valence-electron chi connectivity index (χ3n) is 7.64. The lowest BCUT2D eigenvalue weighted by atomic mass is 10.0. The Kier molecular flexibility index (Phi) is 8.88. The van der Waals surface area contributed by atoms with Crippen LogP contribution in [0.4, 0.5) is 16.2 Å². The van der Waals surface area contributed by atoms with Crippen molar-refractivity contribution in [1.82, 2.24) is 9.91 Å². The highest BCUT2D eigenvalue weighted by Crippen LogP contribution is 2.33. The zero-order valence-electron chi connectivity index (χ0n) is 22.7. The van der Waals surface area contributed by atoms with Gasteiger partial charge in [0.25, 0.3) is 0 Å². The Bertz CT molecular complexity index is 1290. The molecule has 39 heavy (non-hydrogen) atoms. The topological polar surface area (TPSA) is 76.6 Å².